The van der Waals surface area contributed by atoms with E-state index in [-0.39, 0.29) is 0 Å². The number of nitriles is 1. The number of hydrogen-bond donors (Lipinski definition) is 0. The molecule has 0 spiro atoms. The number of nitrogens with zero attached hydrogens (tertiary/aromatic N) is 1. The highest BCUT2D eigenvalue weighted by Crippen LogP contribution is 2.20. The molecule has 0 aliphatic heterocycles. The average Bonchev–Trinajstić information content (AvgIpc) is 2.06. The lowest BCUT2D eigenvalue weighted by Gasteiger charge is -1.96. The van der Waals surface area contributed by atoms with Crippen LogP contribution in [0.3, 0.4) is 0 Å². The number of rotatable bonds is 1. The summed E-state index contributed by atoms with van der Waals surface area (Å²) in [5.41, 5.74) is 0.794. The molecule has 0 saturated heterocycles. The van der Waals surface area contributed by atoms with Gasteiger partial charge >= 0.3 is 0 Å². The first-order valence-corrected chi connectivity index (χ1v) is 4.01. The Bertz CT molecular complexity index is 333. The average molecular weight is 198 g/mol. The summed E-state index contributed by atoms with van der Waals surface area (Å²) >= 11 is 11.4. The molecule has 0 aliphatic carbocycles. The summed E-state index contributed by atoms with van der Waals surface area (Å²) < 4.78 is 0. The van der Waals surface area contributed by atoms with Crippen molar-refractivity contribution in [2.45, 2.75) is 0 Å². The van der Waals surface area contributed by atoms with E-state index in [0.717, 1.165) is 5.56 Å². The first-order valence-electron chi connectivity index (χ1n) is 3.25. The zero-order valence-corrected chi connectivity index (χ0v) is 7.60. The minimum absolute atomic E-state index is 0.425. The van der Waals surface area contributed by atoms with E-state index in [1.165, 1.54) is 6.08 Å². The van der Waals surface area contributed by atoms with Crippen molar-refractivity contribution in [1.29, 1.82) is 5.26 Å². The minimum atomic E-state index is 0.425. The van der Waals surface area contributed by atoms with Crippen LogP contribution in [0, 0.1) is 11.3 Å². The maximum atomic E-state index is 8.32. The second-order valence-electron chi connectivity index (χ2n) is 2.13. The Morgan fingerprint density at radius 2 is 1.92 bits per heavy atom. The first kappa shape index (κ1) is 9.12. The molecule has 0 radical (unpaired) electrons. The third-order valence-corrected chi connectivity index (χ3v) is 1.89. The highest BCUT2D eigenvalue weighted by Gasteiger charge is 1.96. The van der Waals surface area contributed by atoms with Gasteiger partial charge in [-0.05, 0) is 17.7 Å². The van der Waals surface area contributed by atoms with E-state index >= 15 is 0 Å². The van der Waals surface area contributed by atoms with Crippen molar-refractivity contribution in [3.8, 4) is 6.07 Å². The van der Waals surface area contributed by atoms with E-state index in [1.807, 2.05) is 6.07 Å². The van der Waals surface area contributed by atoms with Crippen LogP contribution in [0.15, 0.2) is 30.3 Å². The molecule has 0 heterocycles. The van der Waals surface area contributed by atoms with Crippen LogP contribution in [-0.4, -0.2) is 0 Å². The molecule has 0 bridgehead atoms. The van der Waals surface area contributed by atoms with E-state index in [1.54, 1.807) is 24.3 Å². The van der Waals surface area contributed by atoms with Gasteiger partial charge < -0.3 is 0 Å². The molecule has 0 aromatic heterocycles. The molecule has 0 unspecified atom stereocenters. The molecule has 60 valence electrons. The van der Waals surface area contributed by atoms with Gasteiger partial charge in [-0.15, -0.1) is 0 Å². The Morgan fingerprint density at radius 3 is 2.42 bits per heavy atom. The fraction of sp³-hybridized carbons (Fsp3) is 0. The molecule has 1 nitrogen and oxygen atoms in total. The van der Waals surface area contributed by atoms with Crippen molar-refractivity contribution < 1.29 is 0 Å². The van der Waals surface area contributed by atoms with Gasteiger partial charge in [-0.2, -0.15) is 5.26 Å². The van der Waals surface area contributed by atoms with Crippen molar-refractivity contribution in [3.63, 3.8) is 0 Å². The lowest BCUT2D eigenvalue weighted by molar-refractivity contribution is 1.53. The van der Waals surface area contributed by atoms with Crippen LogP contribution in [0.4, 0.5) is 0 Å². The van der Waals surface area contributed by atoms with E-state index < -0.39 is 0 Å². The van der Waals surface area contributed by atoms with Crippen LogP contribution >= 0.6 is 23.2 Å². The van der Waals surface area contributed by atoms with Crippen molar-refractivity contribution in [2.24, 2.45) is 0 Å². The van der Waals surface area contributed by atoms with Gasteiger partial charge in [0.1, 0.15) is 0 Å². The molecular weight excluding hydrogens is 193 g/mol. The molecule has 1 aromatic rings. The monoisotopic (exact) mass is 197 g/mol. The van der Waals surface area contributed by atoms with Crippen LogP contribution < -0.4 is 0 Å². The highest BCUT2D eigenvalue weighted by atomic mass is 35.5. The van der Waals surface area contributed by atoms with Gasteiger partial charge in [0.15, 0.2) is 0 Å². The Balaban J connectivity index is 2.99. The lowest BCUT2D eigenvalue weighted by Crippen LogP contribution is -1.74. The fourth-order valence-electron chi connectivity index (χ4n) is 0.749. The predicted octanol–water partition coefficient (Wildman–Crippen LogP) is 3.44. The number of hydrogen-bond acceptors (Lipinski definition) is 1. The minimum Gasteiger partial charge on any atom is -0.193 e. The summed E-state index contributed by atoms with van der Waals surface area (Å²) in [6.45, 7) is 0. The zero-order chi connectivity index (χ0) is 8.97. The van der Waals surface area contributed by atoms with Crippen LogP contribution in [0.5, 0.6) is 0 Å². The van der Waals surface area contributed by atoms with Crippen molar-refractivity contribution in [2.75, 3.05) is 0 Å². The highest BCUT2D eigenvalue weighted by molar-refractivity contribution is 6.49. The summed E-state index contributed by atoms with van der Waals surface area (Å²) in [6.07, 6.45) is 1.28. The third kappa shape index (κ3) is 2.27. The van der Waals surface area contributed by atoms with Gasteiger partial charge in [-0.3, -0.25) is 0 Å². The van der Waals surface area contributed by atoms with Gasteiger partial charge in [-0.25, -0.2) is 0 Å². The Morgan fingerprint density at radius 1 is 1.33 bits per heavy atom. The van der Waals surface area contributed by atoms with Crippen molar-refractivity contribution >= 4 is 28.2 Å². The molecule has 0 saturated carbocycles. The second-order valence-corrected chi connectivity index (χ2v) is 2.97. The number of allylic oxidation sites excluding steroid dienone is 1. The molecule has 1 aromatic carbocycles. The normalized spacial score (nSPS) is 10.9. The summed E-state index contributed by atoms with van der Waals surface area (Å²) in [7, 11) is 0. The molecule has 0 atom stereocenters. The predicted molar refractivity (Wildman–Crippen MR) is 50.9 cm³/mol. The smallest absolute Gasteiger partial charge is 0.0927 e. The summed E-state index contributed by atoms with van der Waals surface area (Å²) in [6, 6.07) is 8.83. The van der Waals surface area contributed by atoms with Gasteiger partial charge in [-0.1, -0.05) is 35.3 Å². The number of benzene rings is 1. The van der Waals surface area contributed by atoms with E-state index in [2.05, 4.69) is 0 Å². The molecule has 0 N–H and O–H groups in total. The first-order chi connectivity index (χ1) is 5.74. The zero-order valence-electron chi connectivity index (χ0n) is 6.09. The molecule has 3 heteroatoms. The van der Waals surface area contributed by atoms with E-state index in [4.69, 9.17) is 28.5 Å². The van der Waals surface area contributed by atoms with Crippen LogP contribution in [0.2, 0.25) is 5.02 Å². The quantitative estimate of drug-likeness (QED) is 0.634. The van der Waals surface area contributed by atoms with Crippen molar-refractivity contribution in [3.05, 3.63) is 40.9 Å². The van der Waals surface area contributed by atoms with Crippen LogP contribution in [0.1, 0.15) is 5.56 Å². The third-order valence-electron chi connectivity index (χ3n) is 1.31. The van der Waals surface area contributed by atoms with Crippen molar-refractivity contribution in [1.82, 2.24) is 0 Å². The van der Waals surface area contributed by atoms with Crippen LogP contribution in [-0.2, 0) is 0 Å². The maximum Gasteiger partial charge on any atom is 0.0927 e. The van der Waals surface area contributed by atoms with E-state index in [0.29, 0.717) is 10.1 Å². The summed E-state index contributed by atoms with van der Waals surface area (Å²) in [5, 5.41) is 9.39. The summed E-state index contributed by atoms with van der Waals surface area (Å²) in [5.74, 6) is 0. The van der Waals surface area contributed by atoms with Gasteiger partial charge in [0.2, 0.25) is 0 Å². The largest absolute Gasteiger partial charge is 0.193 e. The number of halogens is 2. The molecule has 1 rings (SSSR count). The summed E-state index contributed by atoms with van der Waals surface area (Å²) in [4.78, 5) is 0. The Kier molecular flexibility index (Phi) is 3.16. The topological polar surface area (TPSA) is 23.8 Å². The standard InChI is InChI=1S/C9H5Cl2N/c10-8-3-1-7(2-4-8)9(11)5-6-12/h1-5H/b9-5-. The maximum absolute atomic E-state index is 8.32. The molecule has 12 heavy (non-hydrogen) atoms. The second kappa shape index (κ2) is 4.15. The van der Waals surface area contributed by atoms with Crippen LogP contribution in [0.25, 0.3) is 5.03 Å². The molecule has 0 aliphatic rings. The van der Waals surface area contributed by atoms with Gasteiger partial charge in [0.25, 0.3) is 0 Å². The lowest BCUT2D eigenvalue weighted by atomic mass is 10.2. The molecule has 0 fully saturated rings. The van der Waals surface area contributed by atoms with Gasteiger partial charge in [0.05, 0.1) is 11.1 Å². The van der Waals surface area contributed by atoms with E-state index in [9.17, 15) is 0 Å². The Hall–Kier alpha value is -0.970. The molecule has 0 amide bonds. The van der Waals surface area contributed by atoms with Gasteiger partial charge in [0, 0.05) is 11.1 Å². The SMILES string of the molecule is N#C/C=C(\Cl)c1ccc(Cl)cc1. The molecular formula is C9H5Cl2N. The Labute approximate surface area is 80.8 Å². The fourth-order valence-corrected chi connectivity index (χ4v) is 1.05.